The van der Waals surface area contributed by atoms with Crippen LogP contribution in [0.4, 0.5) is 5.82 Å². The van der Waals surface area contributed by atoms with Gasteiger partial charge in [0.15, 0.2) is 0 Å². The number of hydrogen-bond donors (Lipinski definition) is 4. The summed E-state index contributed by atoms with van der Waals surface area (Å²) in [7, 11) is 1.62. The van der Waals surface area contributed by atoms with E-state index >= 15 is 0 Å². The summed E-state index contributed by atoms with van der Waals surface area (Å²) in [5.74, 6) is 0.907. The molecule has 2 atom stereocenters. The fraction of sp³-hybridized carbons (Fsp3) is 0.615. The van der Waals surface area contributed by atoms with E-state index < -0.39 is 5.60 Å². The largest absolute Gasteiger partial charge is 0.371 e. The summed E-state index contributed by atoms with van der Waals surface area (Å²) < 4.78 is 5.48. The van der Waals surface area contributed by atoms with Gasteiger partial charge in [0.05, 0.1) is 5.52 Å². The molecule has 1 aromatic carbocycles. The monoisotopic (exact) mass is 540 g/mol. The summed E-state index contributed by atoms with van der Waals surface area (Å²) in [6.45, 7) is 12.6. The summed E-state index contributed by atoms with van der Waals surface area (Å²) in [6, 6.07) is 6.10. The van der Waals surface area contributed by atoms with Crippen LogP contribution in [0.25, 0.3) is 10.9 Å². The molecule has 3 rings (SSSR count). The van der Waals surface area contributed by atoms with Gasteiger partial charge in [0.1, 0.15) is 17.3 Å². The molecule has 1 fully saturated rings. The van der Waals surface area contributed by atoms with Gasteiger partial charge < -0.3 is 20.7 Å². The molecule has 1 heterocycles. The molecular formula is C26H42Cl2N6O2. The molecule has 0 bridgehead atoms. The first-order valence-electron chi connectivity index (χ1n) is 12.1. The van der Waals surface area contributed by atoms with Crippen LogP contribution in [0.1, 0.15) is 76.5 Å². The van der Waals surface area contributed by atoms with Crippen LogP contribution < -0.4 is 16.0 Å². The Morgan fingerprint density at radius 1 is 1.08 bits per heavy atom. The second-order valence-corrected chi connectivity index (χ2v) is 11.0. The van der Waals surface area contributed by atoms with E-state index in [0.717, 1.165) is 42.1 Å². The number of carbonyl (C=O) groups excluding carboxylic acids is 1. The number of rotatable bonds is 7. The predicted molar refractivity (Wildman–Crippen MR) is 152 cm³/mol. The minimum absolute atomic E-state index is 0. The van der Waals surface area contributed by atoms with Crippen LogP contribution in [-0.4, -0.2) is 53.1 Å². The zero-order valence-corrected chi connectivity index (χ0v) is 24.1. The van der Waals surface area contributed by atoms with Crippen molar-refractivity contribution in [1.82, 2.24) is 20.6 Å². The molecule has 0 aliphatic heterocycles. The zero-order chi connectivity index (χ0) is 25.1. The van der Waals surface area contributed by atoms with Crippen molar-refractivity contribution in [3.8, 4) is 0 Å². The number of methoxy groups -OCH3 is 1. The van der Waals surface area contributed by atoms with E-state index in [0.29, 0.717) is 18.2 Å². The van der Waals surface area contributed by atoms with Gasteiger partial charge in [-0.2, -0.15) is 0 Å². The summed E-state index contributed by atoms with van der Waals surface area (Å²) in [4.78, 5) is 22.1. The van der Waals surface area contributed by atoms with Crippen LogP contribution in [0.5, 0.6) is 0 Å². The molecule has 1 aliphatic rings. The molecule has 202 valence electrons. The van der Waals surface area contributed by atoms with Gasteiger partial charge >= 0.3 is 0 Å². The number of halogens is 2. The third-order valence-electron chi connectivity index (χ3n) is 6.36. The number of amidine groups is 1. The van der Waals surface area contributed by atoms with Crippen LogP contribution in [0, 0.1) is 17.7 Å². The van der Waals surface area contributed by atoms with Gasteiger partial charge in [-0.3, -0.25) is 10.2 Å². The first-order valence-corrected chi connectivity index (χ1v) is 12.1. The second-order valence-electron chi connectivity index (χ2n) is 11.0. The summed E-state index contributed by atoms with van der Waals surface area (Å²) in [5, 5.41) is 19.4. The average Bonchev–Trinajstić information content (AvgIpc) is 2.78. The third-order valence-corrected chi connectivity index (χ3v) is 6.36. The van der Waals surface area contributed by atoms with Crippen LogP contribution in [0.3, 0.4) is 0 Å². The minimum Gasteiger partial charge on any atom is -0.371 e. The quantitative estimate of drug-likeness (QED) is 0.281. The van der Waals surface area contributed by atoms with Gasteiger partial charge in [0.2, 0.25) is 5.82 Å². The summed E-state index contributed by atoms with van der Waals surface area (Å²) in [5.41, 5.74) is 1.12. The number of nitrogens with zero attached hydrogens (tertiary/aromatic N) is 2. The molecule has 1 saturated carbocycles. The van der Waals surface area contributed by atoms with Crippen molar-refractivity contribution in [3.05, 3.63) is 29.6 Å². The maximum Gasteiger partial charge on any atom is 0.289 e. The van der Waals surface area contributed by atoms with E-state index in [1.807, 2.05) is 32.9 Å². The molecule has 1 aliphatic carbocycles. The number of anilines is 1. The molecule has 10 heteroatoms. The highest BCUT2D eigenvalue weighted by atomic mass is 35.5. The average molecular weight is 542 g/mol. The number of aromatic nitrogens is 2. The first-order chi connectivity index (χ1) is 15.9. The van der Waals surface area contributed by atoms with Gasteiger partial charge in [-0.1, -0.05) is 45.2 Å². The smallest absolute Gasteiger partial charge is 0.289 e. The zero-order valence-electron chi connectivity index (χ0n) is 22.4. The number of carbonyl (C=O) groups is 1. The highest BCUT2D eigenvalue weighted by Gasteiger charge is 2.31. The van der Waals surface area contributed by atoms with Crippen LogP contribution in [-0.2, 0) is 4.74 Å². The third kappa shape index (κ3) is 8.18. The number of aryl methyl sites for hydroxylation is 1. The Labute approximate surface area is 227 Å². The molecule has 4 N–H and O–H groups in total. The topological polar surface area (TPSA) is 112 Å². The predicted octanol–water partition coefficient (Wildman–Crippen LogP) is 5.27. The Morgan fingerprint density at radius 2 is 1.72 bits per heavy atom. The van der Waals surface area contributed by atoms with Crippen molar-refractivity contribution in [3.63, 3.8) is 0 Å². The Hall–Kier alpha value is -2.16. The van der Waals surface area contributed by atoms with E-state index in [-0.39, 0.29) is 54.0 Å². The van der Waals surface area contributed by atoms with E-state index in [2.05, 4.69) is 52.8 Å². The molecular weight excluding hydrogens is 499 g/mol. The lowest BCUT2D eigenvalue weighted by Gasteiger charge is -2.36. The van der Waals surface area contributed by atoms with Crippen molar-refractivity contribution in [2.75, 3.05) is 19.0 Å². The van der Waals surface area contributed by atoms with Crippen LogP contribution in [0.15, 0.2) is 18.2 Å². The number of benzene rings is 1. The number of hydrogen-bond acceptors (Lipinski definition) is 6. The van der Waals surface area contributed by atoms with E-state index in [4.69, 9.17) is 10.1 Å². The normalized spacial score (nSPS) is 18.0. The van der Waals surface area contributed by atoms with E-state index in [1.165, 1.54) is 0 Å². The molecule has 1 amide bonds. The molecule has 0 spiro atoms. The van der Waals surface area contributed by atoms with Crippen molar-refractivity contribution in [2.24, 2.45) is 5.41 Å². The van der Waals surface area contributed by atoms with Crippen molar-refractivity contribution in [1.29, 1.82) is 5.41 Å². The molecule has 1 aromatic heterocycles. The van der Waals surface area contributed by atoms with Crippen molar-refractivity contribution >= 4 is 53.3 Å². The lowest BCUT2D eigenvalue weighted by molar-refractivity contribution is 0.0776. The molecule has 0 saturated heterocycles. The molecule has 2 aromatic rings. The van der Waals surface area contributed by atoms with Gasteiger partial charge in [0, 0.05) is 31.1 Å². The summed E-state index contributed by atoms with van der Waals surface area (Å²) >= 11 is 0. The van der Waals surface area contributed by atoms with Crippen molar-refractivity contribution < 1.29 is 9.53 Å². The standard InChI is InChI=1S/C26H40N6O2.2ClH/c1-16-12-13-18-17(14-16)21(32-22(29-18)23(33)28-15-25(2,3)4)30-19-10-8-9-11-20(19)31-24(27)26(5,6)34-7;;/h12-14,19-20H,8-11,15H2,1-7H3,(H2,27,31)(H,28,33)(H,29,30,32);2*1H/t19-,20+;;/m0../s1. The Balaban J connectivity index is 0.00000324. The fourth-order valence-electron chi connectivity index (χ4n) is 3.99. The maximum absolute atomic E-state index is 12.9. The molecule has 0 radical (unpaired) electrons. The molecule has 36 heavy (non-hydrogen) atoms. The Kier molecular flexibility index (Phi) is 11.4. The SMILES string of the molecule is COC(C)(C)C(=N)N[C@@H]1CCCC[C@@H]1Nc1nc(C(=O)NCC(C)(C)C)nc2ccc(C)cc12.Cl.Cl. The highest BCUT2D eigenvalue weighted by Crippen LogP contribution is 2.27. The number of amides is 1. The van der Waals surface area contributed by atoms with Crippen molar-refractivity contribution in [2.45, 2.75) is 84.9 Å². The molecule has 0 unspecified atom stereocenters. The highest BCUT2D eigenvalue weighted by molar-refractivity contribution is 5.96. The van der Waals surface area contributed by atoms with Gasteiger partial charge in [0.25, 0.3) is 5.91 Å². The van der Waals surface area contributed by atoms with Gasteiger partial charge in [-0.05, 0) is 51.2 Å². The number of nitrogens with one attached hydrogen (secondary N) is 4. The van der Waals surface area contributed by atoms with Crippen LogP contribution in [0.2, 0.25) is 0 Å². The fourth-order valence-corrected chi connectivity index (χ4v) is 3.99. The second kappa shape index (κ2) is 12.9. The Bertz CT molecular complexity index is 1050. The Morgan fingerprint density at radius 3 is 2.33 bits per heavy atom. The summed E-state index contributed by atoms with van der Waals surface area (Å²) in [6.07, 6.45) is 4.08. The lowest BCUT2D eigenvalue weighted by Crippen LogP contribution is -2.54. The number of ether oxygens (including phenoxy) is 1. The lowest BCUT2D eigenvalue weighted by atomic mass is 9.89. The van der Waals surface area contributed by atoms with E-state index in [1.54, 1.807) is 7.11 Å². The minimum atomic E-state index is -0.682. The van der Waals surface area contributed by atoms with Gasteiger partial charge in [-0.25, -0.2) is 9.97 Å². The number of fused-ring (bicyclic) bond motifs is 1. The maximum atomic E-state index is 12.9. The van der Waals surface area contributed by atoms with E-state index in [9.17, 15) is 4.79 Å². The molecule has 8 nitrogen and oxygen atoms in total. The van der Waals surface area contributed by atoms with Gasteiger partial charge in [-0.15, -0.1) is 24.8 Å². The van der Waals surface area contributed by atoms with Crippen LogP contribution >= 0.6 is 24.8 Å². The first kappa shape index (κ1) is 31.9.